The summed E-state index contributed by atoms with van der Waals surface area (Å²) in [6.07, 6.45) is 0. The molecule has 0 heterocycles. The fraction of sp³-hybridized carbons (Fsp3) is 0. The van der Waals surface area contributed by atoms with E-state index in [-0.39, 0.29) is 81.2 Å². The van der Waals surface area contributed by atoms with Gasteiger partial charge in [-0.15, -0.1) is 0 Å². The molecule has 0 atom stereocenters. The molecule has 0 fully saturated rings. The van der Waals surface area contributed by atoms with E-state index in [1.54, 1.807) is 0 Å². The summed E-state index contributed by atoms with van der Waals surface area (Å²) in [5.41, 5.74) is 0. The molecule has 0 nitrogen and oxygen atoms in total. The molecule has 0 saturated heterocycles. The van der Waals surface area contributed by atoms with E-state index in [0.29, 0.717) is 0 Å². The Bertz CT molecular complexity index is 8.00. The molecule has 0 N–H and O–H groups in total. The molecule has 0 aromatic rings. The van der Waals surface area contributed by atoms with E-state index in [4.69, 9.17) is 0 Å². The Labute approximate surface area is 116 Å². The minimum atomic E-state index is 0. The smallest absolute Gasteiger partial charge is 0 e. The number of hydrogen-bond donors (Lipinski definition) is 0. The van der Waals surface area contributed by atoms with Crippen molar-refractivity contribution in [2.24, 2.45) is 0 Å². The molecule has 0 aliphatic carbocycles. The summed E-state index contributed by atoms with van der Waals surface area (Å²) in [4.78, 5) is 0. The van der Waals surface area contributed by atoms with Gasteiger partial charge in [0.15, 0.2) is 0 Å². The molecule has 0 saturated carbocycles. The van der Waals surface area contributed by atoms with E-state index in [2.05, 4.69) is 7.03 Å². The first kappa shape index (κ1) is 15.7. The molecular formula is LaNdSSm. The van der Waals surface area contributed by atoms with Crippen LogP contribution in [0.1, 0.15) is 0 Å². The average Bonchev–Trinajstić information content (AvgIpc) is 1.00. The summed E-state index contributed by atoms with van der Waals surface area (Å²) in [5, 5.41) is 0. The van der Waals surface area contributed by atoms with E-state index in [1.165, 1.54) is 0 Å². The minimum Gasteiger partial charge on any atom is 0 e. The molecular weight excluding hydrogens is 466 g/mol. The largest absolute Gasteiger partial charge is 0 e. The van der Waals surface area contributed by atoms with Crippen molar-refractivity contribution < 1.29 is 113 Å². The van der Waals surface area contributed by atoms with Crippen LogP contribution in [0.2, 0.25) is 0 Å². The van der Waals surface area contributed by atoms with Gasteiger partial charge in [0, 0.05) is 81.2 Å². The Balaban J connectivity index is -0.00000000500. The summed E-state index contributed by atoms with van der Waals surface area (Å²) in [6.45, 7) is 0. The van der Waals surface area contributed by atoms with Crippen LogP contribution >= 0.6 is 7.03 Å². The van der Waals surface area contributed by atoms with Gasteiger partial charge in [0.25, 0.3) is 0 Å². The maximum Gasteiger partial charge on any atom is 0 e. The van der Waals surface area contributed by atoms with Crippen molar-refractivity contribution in [3.63, 3.8) is 0 Å². The first-order valence-electron chi connectivity index (χ1n) is 0.236. The summed E-state index contributed by atoms with van der Waals surface area (Å²) < 4.78 is 0. The summed E-state index contributed by atoms with van der Waals surface area (Å²) >= 11 is 0.750. The maximum atomic E-state index is 4.25. The van der Waals surface area contributed by atoms with Crippen molar-refractivity contribution in [2.75, 3.05) is 0 Å². The zero-order valence-corrected chi connectivity index (χ0v) is 12.2. The normalized spacial score (nSPS) is 1.50. The Kier molecular flexibility index (Phi) is 61.7. The fourth-order valence-corrected chi connectivity index (χ4v) is 0. The van der Waals surface area contributed by atoms with Crippen molar-refractivity contribution in [2.45, 2.75) is 0 Å². The molecule has 19 valence electrons. The van der Waals surface area contributed by atoms with Crippen molar-refractivity contribution in [3.8, 4) is 0 Å². The van der Waals surface area contributed by atoms with Gasteiger partial charge in [-0.25, -0.2) is 0 Å². The Hall–Kier alpha value is 4.10. The third-order valence-electron chi connectivity index (χ3n) is 0. The summed E-state index contributed by atoms with van der Waals surface area (Å²) in [6, 6.07) is 0. The van der Waals surface area contributed by atoms with Crippen LogP contribution in [0.5, 0.6) is 0 Å². The van der Waals surface area contributed by atoms with E-state index in [9.17, 15) is 0 Å². The molecule has 0 radical (unpaired) electrons. The van der Waals surface area contributed by atoms with Crippen LogP contribution < -0.4 is 0 Å². The second-order valence-electron chi connectivity index (χ2n) is 0. The van der Waals surface area contributed by atoms with Gasteiger partial charge in [0.05, 0.1) is 0 Å². The first-order valence-corrected chi connectivity index (χ1v) is 5.15. The van der Waals surface area contributed by atoms with Crippen LogP contribution in [0.15, 0.2) is 0 Å². The van der Waals surface area contributed by atoms with Crippen molar-refractivity contribution in [1.29, 1.82) is 0 Å². The Morgan fingerprint density at radius 3 is 1.25 bits per heavy atom. The van der Waals surface area contributed by atoms with Crippen LogP contribution in [-0.4, -0.2) is 0 Å². The van der Waals surface area contributed by atoms with E-state index in [0.717, 1.165) is 31.3 Å². The van der Waals surface area contributed by atoms with Gasteiger partial charge in [0.2, 0.25) is 0 Å². The van der Waals surface area contributed by atoms with Gasteiger partial charge in [-0.2, -0.15) is 0 Å². The molecule has 0 amide bonds. The third kappa shape index (κ3) is 9.44. The zero-order chi connectivity index (χ0) is 2.00. The number of rotatable bonds is 0. The van der Waals surface area contributed by atoms with Gasteiger partial charge >= 0.3 is 38.4 Å². The second kappa shape index (κ2) is 15.7. The molecule has 0 aromatic heterocycles. The Morgan fingerprint density at radius 1 is 1.25 bits per heavy atom. The second-order valence-corrected chi connectivity index (χ2v) is 0. The van der Waals surface area contributed by atoms with E-state index in [1.807, 2.05) is 0 Å². The average molecular weight is 466 g/mol. The molecule has 0 aliphatic rings. The van der Waals surface area contributed by atoms with Gasteiger partial charge < -0.3 is 0 Å². The molecule has 0 spiro atoms. The molecule has 0 aromatic carbocycles. The molecule has 0 rings (SSSR count). The minimum absolute atomic E-state index is 0. The number of hydrogen-bond acceptors (Lipinski definition) is 1. The Morgan fingerprint density at radius 2 is 1.25 bits per heavy atom. The summed E-state index contributed by atoms with van der Waals surface area (Å²) in [5.74, 6) is 0. The molecule has 4 heavy (non-hydrogen) atoms. The topological polar surface area (TPSA) is 0 Å². The quantitative estimate of drug-likeness (QED) is 0.506. The van der Waals surface area contributed by atoms with Gasteiger partial charge in [0.1, 0.15) is 0 Å². The predicted octanol–water partition coefficient (Wildman–Crippen LogP) is 0.648. The van der Waals surface area contributed by atoms with Crippen molar-refractivity contribution >= 4 is 7.03 Å². The molecule has 4 heteroatoms. The van der Waals surface area contributed by atoms with Crippen LogP contribution in [-0.2, 0) is 0 Å². The van der Waals surface area contributed by atoms with Crippen LogP contribution in [0.3, 0.4) is 0 Å². The van der Waals surface area contributed by atoms with Crippen molar-refractivity contribution in [3.05, 3.63) is 0 Å². The summed E-state index contributed by atoms with van der Waals surface area (Å²) in [7, 11) is 4.25. The van der Waals surface area contributed by atoms with E-state index < -0.39 is 0 Å². The van der Waals surface area contributed by atoms with Crippen LogP contribution in [0, 0.1) is 113 Å². The van der Waals surface area contributed by atoms with E-state index >= 15 is 0 Å². The molecule has 0 aliphatic heterocycles. The standard InChI is InChI=1S/La.Nd.S.Sm. The predicted molar refractivity (Wildman–Crippen MR) is 7.59 cm³/mol. The van der Waals surface area contributed by atoms with Crippen molar-refractivity contribution in [1.82, 2.24) is 0 Å². The maximum absolute atomic E-state index is 4.25. The van der Waals surface area contributed by atoms with Gasteiger partial charge in [-0.05, 0) is 0 Å². The van der Waals surface area contributed by atoms with Crippen LogP contribution in [0.25, 0.3) is 0 Å². The monoisotopic (exact) mass is 465 g/mol. The third-order valence-corrected chi connectivity index (χ3v) is 0. The van der Waals surface area contributed by atoms with Gasteiger partial charge in [-0.1, -0.05) is 0 Å². The fourth-order valence-electron chi connectivity index (χ4n) is 0. The SMILES string of the molecule is [Nd].[S]=[La].[Sm]. The molecule has 0 bridgehead atoms. The zero-order valence-electron chi connectivity index (χ0n) is 1.89. The molecule has 0 unspecified atom stereocenters. The van der Waals surface area contributed by atoms with Gasteiger partial charge in [-0.3, -0.25) is 0 Å². The first-order chi connectivity index (χ1) is 1.00. The van der Waals surface area contributed by atoms with Crippen LogP contribution in [0.4, 0.5) is 0 Å².